The van der Waals surface area contributed by atoms with E-state index in [2.05, 4.69) is 0 Å². The molecule has 1 aliphatic rings. The van der Waals surface area contributed by atoms with Crippen LogP contribution in [0, 0.1) is 5.82 Å². The quantitative estimate of drug-likeness (QED) is 0.592. The van der Waals surface area contributed by atoms with Gasteiger partial charge >= 0.3 is 0 Å². The highest BCUT2D eigenvalue weighted by molar-refractivity contribution is 5.76. The van der Waals surface area contributed by atoms with Crippen molar-refractivity contribution >= 4 is 6.29 Å². The lowest BCUT2D eigenvalue weighted by Gasteiger charge is -1.99. The first-order valence-corrected chi connectivity index (χ1v) is 3.71. The molecule has 0 bridgehead atoms. The Balaban J connectivity index is 2.56. The van der Waals surface area contributed by atoms with Crippen LogP contribution in [-0.4, -0.2) is 12.9 Å². The van der Waals surface area contributed by atoms with E-state index in [-0.39, 0.29) is 5.56 Å². The minimum atomic E-state index is -0.464. The number of carbonyl (C=O) groups excluding carboxylic acids is 1. The van der Waals surface area contributed by atoms with Crippen molar-refractivity contribution in [3.8, 4) is 5.75 Å². The number of hydrogen-bond acceptors (Lipinski definition) is 2. The van der Waals surface area contributed by atoms with Crippen molar-refractivity contribution in [3.05, 3.63) is 29.1 Å². The van der Waals surface area contributed by atoms with Crippen LogP contribution in [0.25, 0.3) is 0 Å². The Labute approximate surface area is 69.0 Å². The van der Waals surface area contributed by atoms with E-state index < -0.39 is 5.82 Å². The van der Waals surface area contributed by atoms with E-state index in [1.165, 1.54) is 12.1 Å². The average molecular weight is 166 g/mol. The largest absolute Gasteiger partial charge is 0.493 e. The van der Waals surface area contributed by atoms with Gasteiger partial charge in [0.15, 0.2) is 6.29 Å². The topological polar surface area (TPSA) is 26.3 Å². The molecule has 2 nitrogen and oxygen atoms in total. The first-order chi connectivity index (χ1) is 5.81. The fraction of sp³-hybridized carbons (Fsp3) is 0.222. The van der Waals surface area contributed by atoms with Crippen LogP contribution >= 0.6 is 0 Å². The number of rotatable bonds is 1. The van der Waals surface area contributed by atoms with Gasteiger partial charge in [-0.05, 0) is 12.1 Å². The molecule has 0 atom stereocenters. The van der Waals surface area contributed by atoms with Gasteiger partial charge in [-0.25, -0.2) is 4.39 Å². The van der Waals surface area contributed by atoms with Crippen molar-refractivity contribution in [1.29, 1.82) is 0 Å². The van der Waals surface area contributed by atoms with Crippen LogP contribution < -0.4 is 4.74 Å². The van der Waals surface area contributed by atoms with Crippen LogP contribution in [0.15, 0.2) is 12.1 Å². The van der Waals surface area contributed by atoms with Crippen molar-refractivity contribution in [3.63, 3.8) is 0 Å². The predicted octanol–water partition coefficient (Wildman–Crippen LogP) is 1.57. The Morgan fingerprint density at radius 1 is 1.50 bits per heavy atom. The maximum Gasteiger partial charge on any atom is 0.153 e. The fourth-order valence-corrected chi connectivity index (χ4v) is 1.30. The lowest BCUT2D eigenvalue weighted by Crippen LogP contribution is -1.89. The maximum absolute atomic E-state index is 13.0. The van der Waals surface area contributed by atoms with E-state index in [9.17, 15) is 9.18 Å². The van der Waals surface area contributed by atoms with Crippen molar-refractivity contribution < 1.29 is 13.9 Å². The van der Waals surface area contributed by atoms with Crippen LogP contribution in [0.5, 0.6) is 5.75 Å². The van der Waals surface area contributed by atoms with E-state index in [0.29, 0.717) is 18.6 Å². The van der Waals surface area contributed by atoms with E-state index in [1.807, 2.05) is 0 Å². The highest BCUT2D eigenvalue weighted by atomic mass is 19.1. The number of carbonyl (C=O) groups is 1. The molecule has 0 saturated heterocycles. The summed E-state index contributed by atoms with van der Waals surface area (Å²) >= 11 is 0. The molecule has 0 aromatic heterocycles. The summed E-state index contributed by atoms with van der Waals surface area (Å²) in [5.41, 5.74) is 0.911. The zero-order chi connectivity index (χ0) is 8.55. The molecule has 2 rings (SSSR count). The summed E-state index contributed by atoms with van der Waals surface area (Å²) in [4.78, 5) is 10.3. The van der Waals surface area contributed by atoms with Gasteiger partial charge < -0.3 is 4.74 Å². The summed E-state index contributed by atoms with van der Waals surface area (Å²) in [6, 6.07) is 2.82. The SMILES string of the molecule is O=Cc1cc2c(cc1F)CCO2. The molecule has 0 radical (unpaired) electrons. The molecule has 0 amide bonds. The molecule has 0 N–H and O–H groups in total. The van der Waals surface area contributed by atoms with Gasteiger partial charge in [0.05, 0.1) is 12.2 Å². The number of hydrogen-bond donors (Lipinski definition) is 0. The molecule has 0 unspecified atom stereocenters. The molecule has 0 fully saturated rings. The zero-order valence-electron chi connectivity index (χ0n) is 6.34. The molecular weight excluding hydrogens is 159 g/mol. The lowest BCUT2D eigenvalue weighted by atomic mass is 10.1. The molecule has 3 heteroatoms. The minimum Gasteiger partial charge on any atom is -0.493 e. The van der Waals surface area contributed by atoms with Crippen molar-refractivity contribution in [2.45, 2.75) is 6.42 Å². The van der Waals surface area contributed by atoms with Gasteiger partial charge in [-0.1, -0.05) is 0 Å². The van der Waals surface area contributed by atoms with Crippen molar-refractivity contribution in [1.82, 2.24) is 0 Å². The summed E-state index contributed by atoms with van der Waals surface area (Å²) < 4.78 is 18.1. The van der Waals surface area contributed by atoms with Gasteiger partial charge in [0, 0.05) is 12.0 Å². The fourth-order valence-electron chi connectivity index (χ4n) is 1.30. The summed E-state index contributed by atoms with van der Waals surface area (Å²) in [6.45, 7) is 0.580. The van der Waals surface area contributed by atoms with E-state index in [1.54, 1.807) is 0 Å². The normalized spacial score (nSPS) is 13.8. The van der Waals surface area contributed by atoms with Gasteiger partial charge in [0.25, 0.3) is 0 Å². The zero-order valence-corrected chi connectivity index (χ0v) is 6.34. The predicted molar refractivity (Wildman–Crippen MR) is 41.0 cm³/mol. The maximum atomic E-state index is 13.0. The van der Waals surface area contributed by atoms with Crippen LogP contribution in [0.2, 0.25) is 0 Å². The third-order valence-corrected chi connectivity index (χ3v) is 1.94. The highest BCUT2D eigenvalue weighted by Gasteiger charge is 2.15. The smallest absolute Gasteiger partial charge is 0.153 e. The number of fused-ring (bicyclic) bond motifs is 1. The third-order valence-electron chi connectivity index (χ3n) is 1.94. The standard InChI is InChI=1S/C9H7FO2/c10-8-3-6-1-2-12-9(6)4-7(8)5-11/h3-5H,1-2H2. The summed E-state index contributed by atoms with van der Waals surface area (Å²) in [5.74, 6) is 0.174. The van der Waals surface area contributed by atoms with E-state index in [0.717, 1.165) is 12.0 Å². The molecular formula is C9H7FO2. The molecule has 0 aliphatic carbocycles. The number of ether oxygens (including phenoxy) is 1. The molecule has 1 aromatic carbocycles. The number of aldehydes is 1. The summed E-state index contributed by atoms with van der Waals surface area (Å²) in [7, 11) is 0. The molecule has 62 valence electrons. The van der Waals surface area contributed by atoms with Gasteiger partial charge in [0.1, 0.15) is 11.6 Å². The van der Waals surface area contributed by atoms with Crippen LogP contribution in [0.4, 0.5) is 4.39 Å². The van der Waals surface area contributed by atoms with Gasteiger partial charge in [-0.3, -0.25) is 4.79 Å². The number of benzene rings is 1. The minimum absolute atomic E-state index is 0.0654. The Hall–Kier alpha value is -1.38. The average Bonchev–Trinajstić information content (AvgIpc) is 2.49. The Morgan fingerprint density at radius 2 is 2.33 bits per heavy atom. The van der Waals surface area contributed by atoms with Crippen molar-refractivity contribution in [2.24, 2.45) is 0 Å². The Kier molecular flexibility index (Phi) is 1.57. The van der Waals surface area contributed by atoms with Crippen molar-refractivity contribution in [2.75, 3.05) is 6.61 Å². The van der Waals surface area contributed by atoms with Gasteiger partial charge in [-0.15, -0.1) is 0 Å². The third kappa shape index (κ3) is 0.978. The van der Waals surface area contributed by atoms with Crippen LogP contribution in [-0.2, 0) is 6.42 Å². The van der Waals surface area contributed by atoms with Gasteiger partial charge in [-0.2, -0.15) is 0 Å². The molecule has 1 aromatic rings. The molecule has 1 aliphatic heterocycles. The van der Waals surface area contributed by atoms with Gasteiger partial charge in [0.2, 0.25) is 0 Å². The molecule has 0 spiro atoms. The molecule has 12 heavy (non-hydrogen) atoms. The molecule has 0 saturated carbocycles. The number of halogens is 1. The second kappa shape index (κ2) is 2.59. The summed E-state index contributed by atoms with van der Waals surface area (Å²) in [6.07, 6.45) is 1.22. The van der Waals surface area contributed by atoms with Crippen LogP contribution in [0.3, 0.4) is 0 Å². The first kappa shape index (κ1) is 7.28. The summed E-state index contributed by atoms with van der Waals surface area (Å²) in [5, 5.41) is 0. The Morgan fingerprint density at radius 3 is 3.08 bits per heavy atom. The lowest BCUT2D eigenvalue weighted by molar-refractivity contribution is 0.111. The Bertz CT molecular complexity index is 334. The first-order valence-electron chi connectivity index (χ1n) is 3.71. The molecule has 1 heterocycles. The highest BCUT2D eigenvalue weighted by Crippen LogP contribution is 2.27. The van der Waals surface area contributed by atoms with E-state index >= 15 is 0 Å². The second-order valence-electron chi connectivity index (χ2n) is 2.70. The monoisotopic (exact) mass is 166 g/mol. The van der Waals surface area contributed by atoms with E-state index in [4.69, 9.17) is 4.74 Å². The second-order valence-corrected chi connectivity index (χ2v) is 2.70. The van der Waals surface area contributed by atoms with Crippen LogP contribution in [0.1, 0.15) is 15.9 Å².